The van der Waals surface area contributed by atoms with E-state index in [9.17, 15) is 0 Å². The van der Waals surface area contributed by atoms with E-state index in [4.69, 9.17) is 12.2 Å². The van der Waals surface area contributed by atoms with Gasteiger partial charge < -0.3 is 10.6 Å². The summed E-state index contributed by atoms with van der Waals surface area (Å²) in [4.78, 5) is 0. The molecule has 0 fully saturated rings. The molecular weight excluding hydrogens is 276 g/mol. The lowest BCUT2D eigenvalue weighted by atomic mass is 10.1. The van der Waals surface area contributed by atoms with E-state index in [0.717, 1.165) is 12.1 Å². The molecule has 0 saturated carbocycles. The molecule has 2 aromatic carbocycles. The van der Waals surface area contributed by atoms with Crippen LogP contribution in [0.5, 0.6) is 0 Å². The molecule has 2 N–H and O–H groups in total. The SMILES string of the molecule is CCc1ccc(C(C)NC(=S)Nc2ccc(C)cc2)cc1. The molecule has 1 unspecified atom stereocenters. The number of hydrogen-bond acceptors (Lipinski definition) is 1. The molecule has 2 nitrogen and oxygen atoms in total. The fraction of sp³-hybridized carbons (Fsp3) is 0.278. The zero-order valence-corrected chi connectivity index (χ0v) is 13.6. The molecule has 1 atom stereocenters. The van der Waals surface area contributed by atoms with E-state index in [0.29, 0.717) is 5.11 Å². The van der Waals surface area contributed by atoms with Crippen LogP contribution >= 0.6 is 12.2 Å². The van der Waals surface area contributed by atoms with Crippen LogP contribution in [0.2, 0.25) is 0 Å². The quantitative estimate of drug-likeness (QED) is 0.806. The summed E-state index contributed by atoms with van der Waals surface area (Å²) in [6.45, 7) is 6.35. The molecule has 0 bridgehead atoms. The van der Waals surface area contributed by atoms with Crippen LogP contribution in [0.1, 0.15) is 36.6 Å². The fourth-order valence-electron chi connectivity index (χ4n) is 2.13. The Morgan fingerprint density at radius 3 is 2.24 bits per heavy atom. The Labute approximate surface area is 132 Å². The Morgan fingerprint density at radius 1 is 1.05 bits per heavy atom. The van der Waals surface area contributed by atoms with Crippen LogP contribution in [0.4, 0.5) is 5.69 Å². The average Bonchev–Trinajstić information content (AvgIpc) is 2.49. The fourth-order valence-corrected chi connectivity index (χ4v) is 2.42. The summed E-state index contributed by atoms with van der Waals surface area (Å²) in [6.07, 6.45) is 1.06. The van der Waals surface area contributed by atoms with E-state index < -0.39 is 0 Å². The zero-order chi connectivity index (χ0) is 15.2. The van der Waals surface area contributed by atoms with Gasteiger partial charge in [-0.3, -0.25) is 0 Å². The lowest BCUT2D eigenvalue weighted by molar-refractivity contribution is 0.722. The normalized spacial score (nSPS) is 11.8. The number of rotatable bonds is 4. The summed E-state index contributed by atoms with van der Waals surface area (Å²) in [5.74, 6) is 0. The first-order valence-corrected chi connectivity index (χ1v) is 7.72. The predicted molar refractivity (Wildman–Crippen MR) is 94.8 cm³/mol. The predicted octanol–water partition coefficient (Wildman–Crippen LogP) is 4.61. The van der Waals surface area contributed by atoms with Gasteiger partial charge in [0.05, 0.1) is 6.04 Å². The van der Waals surface area contributed by atoms with E-state index in [1.807, 2.05) is 12.1 Å². The Kier molecular flexibility index (Phi) is 5.34. The summed E-state index contributed by atoms with van der Waals surface area (Å²) in [7, 11) is 0. The molecule has 0 aliphatic rings. The van der Waals surface area contributed by atoms with Crippen molar-refractivity contribution in [1.29, 1.82) is 0 Å². The van der Waals surface area contributed by atoms with Crippen molar-refractivity contribution in [2.24, 2.45) is 0 Å². The van der Waals surface area contributed by atoms with E-state index >= 15 is 0 Å². The van der Waals surface area contributed by atoms with Crippen LogP contribution in [0.25, 0.3) is 0 Å². The molecule has 110 valence electrons. The third-order valence-corrected chi connectivity index (χ3v) is 3.76. The highest BCUT2D eigenvalue weighted by Gasteiger charge is 2.07. The first kappa shape index (κ1) is 15.5. The van der Waals surface area contributed by atoms with Gasteiger partial charge in [-0.1, -0.05) is 48.9 Å². The molecule has 0 aliphatic heterocycles. The molecule has 0 amide bonds. The molecule has 0 radical (unpaired) electrons. The molecule has 0 spiro atoms. The van der Waals surface area contributed by atoms with Crippen molar-refractivity contribution in [3.05, 3.63) is 65.2 Å². The third-order valence-electron chi connectivity index (χ3n) is 3.55. The van der Waals surface area contributed by atoms with Gasteiger partial charge in [0.25, 0.3) is 0 Å². The highest BCUT2D eigenvalue weighted by Crippen LogP contribution is 2.14. The van der Waals surface area contributed by atoms with Gasteiger partial charge in [-0.05, 0) is 55.7 Å². The molecule has 3 heteroatoms. The molecule has 0 saturated heterocycles. The maximum atomic E-state index is 5.37. The molecule has 0 aliphatic carbocycles. The maximum Gasteiger partial charge on any atom is 0.171 e. The van der Waals surface area contributed by atoms with Gasteiger partial charge in [-0.2, -0.15) is 0 Å². The van der Waals surface area contributed by atoms with Crippen molar-refractivity contribution < 1.29 is 0 Å². The van der Waals surface area contributed by atoms with Crippen molar-refractivity contribution in [3.8, 4) is 0 Å². The first-order chi connectivity index (χ1) is 10.1. The highest BCUT2D eigenvalue weighted by molar-refractivity contribution is 7.80. The molecular formula is C18H22N2S. The Morgan fingerprint density at radius 2 is 1.67 bits per heavy atom. The van der Waals surface area contributed by atoms with Gasteiger partial charge >= 0.3 is 0 Å². The van der Waals surface area contributed by atoms with E-state index in [-0.39, 0.29) is 6.04 Å². The standard InChI is InChI=1S/C18H22N2S/c1-4-15-7-9-16(10-8-15)14(3)19-18(21)20-17-11-5-13(2)6-12-17/h5-12,14H,4H2,1-3H3,(H2,19,20,21). The average molecular weight is 298 g/mol. The van der Waals surface area contributed by atoms with Crippen molar-refractivity contribution in [3.63, 3.8) is 0 Å². The van der Waals surface area contributed by atoms with Gasteiger partial charge in [0.15, 0.2) is 5.11 Å². The second-order valence-electron chi connectivity index (χ2n) is 5.28. The van der Waals surface area contributed by atoms with Crippen molar-refractivity contribution in [2.75, 3.05) is 5.32 Å². The minimum absolute atomic E-state index is 0.182. The molecule has 2 rings (SSSR count). The summed E-state index contributed by atoms with van der Waals surface area (Å²) < 4.78 is 0. The van der Waals surface area contributed by atoms with Crippen LogP contribution in [-0.4, -0.2) is 5.11 Å². The van der Waals surface area contributed by atoms with Crippen LogP contribution in [0, 0.1) is 6.92 Å². The minimum Gasteiger partial charge on any atom is -0.356 e. The second-order valence-corrected chi connectivity index (χ2v) is 5.69. The monoisotopic (exact) mass is 298 g/mol. The molecule has 0 heterocycles. The van der Waals surface area contributed by atoms with Gasteiger partial charge in [0, 0.05) is 5.69 Å². The number of anilines is 1. The van der Waals surface area contributed by atoms with Crippen molar-refractivity contribution in [1.82, 2.24) is 5.32 Å². The van der Waals surface area contributed by atoms with Crippen LogP contribution < -0.4 is 10.6 Å². The number of thiocarbonyl (C=S) groups is 1. The van der Waals surface area contributed by atoms with Crippen LogP contribution in [0.15, 0.2) is 48.5 Å². The van der Waals surface area contributed by atoms with Crippen LogP contribution in [0.3, 0.4) is 0 Å². The lowest BCUT2D eigenvalue weighted by Gasteiger charge is -2.17. The highest BCUT2D eigenvalue weighted by atomic mass is 32.1. The number of aryl methyl sites for hydroxylation is 2. The van der Waals surface area contributed by atoms with E-state index in [1.165, 1.54) is 16.7 Å². The summed E-state index contributed by atoms with van der Waals surface area (Å²) in [5, 5.41) is 7.17. The summed E-state index contributed by atoms with van der Waals surface area (Å²) in [6, 6.07) is 17.0. The molecule has 2 aromatic rings. The van der Waals surface area contributed by atoms with Gasteiger partial charge in [0.2, 0.25) is 0 Å². The summed E-state index contributed by atoms with van der Waals surface area (Å²) in [5.41, 5.74) is 4.84. The molecule has 0 aromatic heterocycles. The smallest absolute Gasteiger partial charge is 0.171 e. The third kappa shape index (κ3) is 4.57. The first-order valence-electron chi connectivity index (χ1n) is 7.31. The Bertz CT molecular complexity index is 588. The Balaban J connectivity index is 1.93. The number of nitrogens with one attached hydrogen (secondary N) is 2. The minimum atomic E-state index is 0.182. The maximum absolute atomic E-state index is 5.37. The summed E-state index contributed by atoms with van der Waals surface area (Å²) >= 11 is 5.37. The van der Waals surface area contributed by atoms with Gasteiger partial charge in [-0.15, -0.1) is 0 Å². The number of hydrogen-bond donors (Lipinski definition) is 2. The molecule has 21 heavy (non-hydrogen) atoms. The van der Waals surface area contributed by atoms with E-state index in [1.54, 1.807) is 0 Å². The second kappa shape index (κ2) is 7.23. The topological polar surface area (TPSA) is 24.1 Å². The van der Waals surface area contributed by atoms with Gasteiger partial charge in [-0.25, -0.2) is 0 Å². The van der Waals surface area contributed by atoms with Gasteiger partial charge in [0.1, 0.15) is 0 Å². The lowest BCUT2D eigenvalue weighted by Crippen LogP contribution is -2.30. The van der Waals surface area contributed by atoms with Crippen LogP contribution in [-0.2, 0) is 6.42 Å². The largest absolute Gasteiger partial charge is 0.356 e. The van der Waals surface area contributed by atoms with Crippen molar-refractivity contribution in [2.45, 2.75) is 33.2 Å². The van der Waals surface area contributed by atoms with Crippen molar-refractivity contribution >= 4 is 23.0 Å². The Hall–Kier alpha value is -1.87. The number of benzene rings is 2. The zero-order valence-electron chi connectivity index (χ0n) is 12.8. The van der Waals surface area contributed by atoms with E-state index in [2.05, 4.69) is 67.8 Å².